The summed E-state index contributed by atoms with van der Waals surface area (Å²) in [7, 11) is 0. The molecule has 1 aromatic heterocycles. The first kappa shape index (κ1) is 9.00. The molecule has 72 valence electrons. The van der Waals surface area contributed by atoms with Crippen LogP contribution in [0.1, 0.15) is 25.5 Å². The molecule has 2 heteroatoms. The van der Waals surface area contributed by atoms with Crippen molar-refractivity contribution in [2.45, 2.75) is 19.8 Å². The summed E-state index contributed by atoms with van der Waals surface area (Å²) in [5, 5.41) is 1.13. The zero-order valence-electron chi connectivity index (χ0n) is 8.40. The van der Waals surface area contributed by atoms with E-state index in [2.05, 4.69) is 19.9 Å². The third-order valence-electron chi connectivity index (χ3n) is 2.47. The maximum atomic E-state index is 11.0. The molecule has 0 spiro atoms. The minimum Gasteiger partial charge on any atom is -0.287 e. The lowest BCUT2D eigenvalue weighted by molar-refractivity contribution is 0.545. The van der Waals surface area contributed by atoms with E-state index >= 15 is 0 Å². The molecule has 1 aromatic carbocycles. The van der Waals surface area contributed by atoms with E-state index in [0.717, 1.165) is 23.0 Å². The number of rotatable bonds is 2. The van der Waals surface area contributed by atoms with E-state index in [1.54, 1.807) is 4.57 Å². The smallest absolute Gasteiger partial charge is 0.218 e. The highest BCUT2D eigenvalue weighted by molar-refractivity contribution is 5.87. The van der Waals surface area contributed by atoms with Crippen molar-refractivity contribution in [1.29, 1.82) is 0 Å². The topological polar surface area (TPSA) is 22.0 Å². The Bertz CT molecular complexity index is 468. The lowest BCUT2D eigenvalue weighted by atomic mass is 10.1. The van der Waals surface area contributed by atoms with Crippen LogP contribution in [0.25, 0.3) is 10.9 Å². The van der Waals surface area contributed by atoms with Crippen molar-refractivity contribution in [1.82, 2.24) is 4.57 Å². The molecule has 2 aromatic rings. The highest BCUT2D eigenvalue weighted by Gasteiger charge is 2.09. The first-order valence-electron chi connectivity index (χ1n) is 4.79. The minimum absolute atomic E-state index is 0.368. The van der Waals surface area contributed by atoms with Crippen LogP contribution in [0.15, 0.2) is 30.3 Å². The monoisotopic (exact) mass is 187 g/mol. The summed E-state index contributed by atoms with van der Waals surface area (Å²) >= 11 is 0. The van der Waals surface area contributed by atoms with Crippen molar-refractivity contribution in [3.63, 3.8) is 0 Å². The number of hydrogen-bond donors (Lipinski definition) is 0. The molecule has 0 fully saturated rings. The van der Waals surface area contributed by atoms with Crippen LogP contribution in [0.2, 0.25) is 0 Å². The standard InChI is InChI=1S/C12H13NO/c1-9(2)12-7-10-5-3-4-6-11(10)13(12)8-14/h3-9H,1-2H3. The summed E-state index contributed by atoms with van der Waals surface area (Å²) < 4.78 is 1.72. The molecule has 2 nitrogen and oxygen atoms in total. The van der Waals surface area contributed by atoms with Crippen molar-refractivity contribution in [3.05, 3.63) is 36.0 Å². The van der Waals surface area contributed by atoms with Gasteiger partial charge in [-0.1, -0.05) is 32.0 Å². The van der Waals surface area contributed by atoms with Gasteiger partial charge in [0.25, 0.3) is 0 Å². The van der Waals surface area contributed by atoms with Crippen molar-refractivity contribution in [2.24, 2.45) is 0 Å². The molecule has 0 aliphatic heterocycles. The quantitative estimate of drug-likeness (QED) is 0.662. The molecule has 0 saturated carbocycles. The molecular weight excluding hydrogens is 174 g/mol. The van der Waals surface area contributed by atoms with Gasteiger partial charge in [0.2, 0.25) is 6.41 Å². The normalized spacial score (nSPS) is 11.1. The summed E-state index contributed by atoms with van der Waals surface area (Å²) in [5.74, 6) is 0.368. The predicted molar refractivity (Wildman–Crippen MR) is 58.2 cm³/mol. The van der Waals surface area contributed by atoms with Crippen LogP contribution < -0.4 is 0 Å². The first-order chi connectivity index (χ1) is 6.74. The Morgan fingerprint density at radius 3 is 2.64 bits per heavy atom. The van der Waals surface area contributed by atoms with Gasteiger partial charge in [-0.3, -0.25) is 9.36 Å². The van der Waals surface area contributed by atoms with Gasteiger partial charge in [0, 0.05) is 11.1 Å². The fourth-order valence-electron chi connectivity index (χ4n) is 1.76. The van der Waals surface area contributed by atoms with E-state index in [0.29, 0.717) is 5.92 Å². The number of benzene rings is 1. The minimum atomic E-state index is 0.368. The van der Waals surface area contributed by atoms with Gasteiger partial charge in [0.15, 0.2) is 0 Å². The van der Waals surface area contributed by atoms with Crippen molar-refractivity contribution >= 4 is 17.3 Å². The Morgan fingerprint density at radius 2 is 2.00 bits per heavy atom. The molecule has 0 bridgehead atoms. The van der Waals surface area contributed by atoms with E-state index in [-0.39, 0.29) is 0 Å². The zero-order valence-corrected chi connectivity index (χ0v) is 8.40. The molecule has 2 rings (SSSR count). The SMILES string of the molecule is CC(C)c1cc2ccccc2n1C=O. The molecule has 0 aliphatic carbocycles. The summed E-state index contributed by atoms with van der Waals surface area (Å²) in [6, 6.07) is 10.0. The fraction of sp³-hybridized carbons (Fsp3) is 0.250. The zero-order chi connectivity index (χ0) is 10.1. The van der Waals surface area contributed by atoms with Gasteiger partial charge in [0.1, 0.15) is 0 Å². The average Bonchev–Trinajstić information content (AvgIpc) is 2.56. The van der Waals surface area contributed by atoms with Gasteiger partial charge in [-0.15, -0.1) is 0 Å². The second-order valence-electron chi connectivity index (χ2n) is 3.76. The van der Waals surface area contributed by atoms with Gasteiger partial charge < -0.3 is 0 Å². The van der Waals surface area contributed by atoms with Crippen LogP contribution in [-0.4, -0.2) is 11.0 Å². The van der Waals surface area contributed by atoms with Gasteiger partial charge in [-0.2, -0.15) is 0 Å². The molecule has 0 aliphatic rings. The lowest BCUT2D eigenvalue weighted by Crippen LogP contribution is -2.01. The van der Waals surface area contributed by atoms with Crippen molar-refractivity contribution < 1.29 is 4.79 Å². The summed E-state index contributed by atoms with van der Waals surface area (Å²) in [4.78, 5) is 11.0. The molecule has 0 amide bonds. The van der Waals surface area contributed by atoms with Gasteiger partial charge >= 0.3 is 0 Å². The lowest BCUT2D eigenvalue weighted by Gasteiger charge is -2.05. The van der Waals surface area contributed by atoms with E-state index in [1.807, 2.05) is 24.3 Å². The van der Waals surface area contributed by atoms with Crippen LogP contribution in [0, 0.1) is 0 Å². The highest BCUT2D eigenvalue weighted by Crippen LogP contribution is 2.23. The van der Waals surface area contributed by atoms with Crippen molar-refractivity contribution in [3.8, 4) is 0 Å². The summed E-state index contributed by atoms with van der Waals surface area (Å²) in [5.41, 5.74) is 2.06. The summed E-state index contributed by atoms with van der Waals surface area (Å²) in [6.07, 6.45) is 0.887. The van der Waals surface area contributed by atoms with Gasteiger partial charge in [-0.05, 0) is 18.1 Å². The van der Waals surface area contributed by atoms with E-state index in [4.69, 9.17) is 0 Å². The average molecular weight is 187 g/mol. The highest BCUT2D eigenvalue weighted by atomic mass is 16.1. The van der Waals surface area contributed by atoms with Crippen LogP contribution in [0.4, 0.5) is 0 Å². The Balaban J connectivity index is 2.78. The van der Waals surface area contributed by atoms with Gasteiger partial charge in [0.05, 0.1) is 5.52 Å². The molecule has 14 heavy (non-hydrogen) atoms. The molecule has 0 N–H and O–H groups in total. The van der Waals surface area contributed by atoms with Crippen LogP contribution in [0.5, 0.6) is 0 Å². The Hall–Kier alpha value is -1.57. The molecule has 0 unspecified atom stereocenters. The second-order valence-corrected chi connectivity index (χ2v) is 3.76. The van der Waals surface area contributed by atoms with Crippen LogP contribution in [-0.2, 0) is 4.79 Å². The van der Waals surface area contributed by atoms with Crippen LogP contribution >= 0.6 is 0 Å². The number of carbonyl (C=O) groups is 1. The molecule has 0 saturated heterocycles. The number of para-hydroxylation sites is 1. The summed E-state index contributed by atoms with van der Waals surface area (Å²) in [6.45, 7) is 4.18. The third kappa shape index (κ3) is 1.23. The number of fused-ring (bicyclic) bond motifs is 1. The van der Waals surface area contributed by atoms with E-state index in [1.165, 1.54) is 0 Å². The van der Waals surface area contributed by atoms with Gasteiger partial charge in [-0.25, -0.2) is 0 Å². The number of aromatic nitrogens is 1. The Labute approximate surface area is 83.2 Å². The fourth-order valence-corrected chi connectivity index (χ4v) is 1.76. The number of nitrogens with zero attached hydrogens (tertiary/aromatic N) is 1. The van der Waals surface area contributed by atoms with E-state index in [9.17, 15) is 4.79 Å². The Morgan fingerprint density at radius 1 is 1.29 bits per heavy atom. The second kappa shape index (κ2) is 3.29. The van der Waals surface area contributed by atoms with Crippen molar-refractivity contribution in [2.75, 3.05) is 0 Å². The predicted octanol–water partition coefficient (Wildman–Crippen LogP) is 2.80. The maximum Gasteiger partial charge on any atom is 0.218 e. The van der Waals surface area contributed by atoms with Crippen LogP contribution in [0.3, 0.4) is 0 Å². The number of hydrogen-bond acceptors (Lipinski definition) is 1. The molecule has 1 heterocycles. The molecule has 0 atom stereocenters. The first-order valence-corrected chi connectivity index (χ1v) is 4.79. The molecular formula is C12H13NO. The maximum absolute atomic E-state index is 11.0. The third-order valence-corrected chi connectivity index (χ3v) is 2.47. The number of carbonyl (C=O) groups excluding carboxylic acids is 1. The Kier molecular flexibility index (Phi) is 2.12. The molecule has 0 radical (unpaired) electrons. The largest absolute Gasteiger partial charge is 0.287 e. The van der Waals surface area contributed by atoms with E-state index < -0.39 is 0 Å².